The third-order valence-corrected chi connectivity index (χ3v) is 4.87. The van der Waals surface area contributed by atoms with E-state index in [1.54, 1.807) is 17.0 Å². The molecule has 4 rings (SSSR count). The van der Waals surface area contributed by atoms with Crippen molar-refractivity contribution in [2.45, 2.75) is 25.3 Å². The van der Waals surface area contributed by atoms with Crippen molar-refractivity contribution in [3.63, 3.8) is 0 Å². The van der Waals surface area contributed by atoms with Crippen LogP contribution in [0.2, 0.25) is 0 Å². The molecule has 0 spiro atoms. The Kier molecular flexibility index (Phi) is 4.96. The molecule has 0 aromatic heterocycles. The van der Waals surface area contributed by atoms with Crippen molar-refractivity contribution in [1.29, 1.82) is 0 Å². The fourth-order valence-corrected chi connectivity index (χ4v) is 3.54. The zero-order valence-corrected chi connectivity index (χ0v) is 15.0. The number of hydrogen-bond acceptors (Lipinski definition) is 4. The molecule has 2 heterocycles. The van der Waals surface area contributed by atoms with Crippen molar-refractivity contribution in [3.8, 4) is 11.5 Å². The highest BCUT2D eigenvalue weighted by Gasteiger charge is 2.23. The van der Waals surface area contributed by atoms with Crippen LogP contribution >= 0.6 is 0 Å². The van der Waals surface area contributed by atoms with Crippen LogP contribution in [0.5, 0.6) is 11.5 Å². The van der Waals surface area contributed by atoms with Crippen molar-refractivity contribution in [3.05, 3.63) is 54.1 Å². The quantitative estimate of drug-likeness (QED) is 0.884. The van der Waals surface area contributed by atoms with Gasteiger partial charge in [-0.2, -0.15) is 0 Å². The highest BCUT2D eigenvalue weighted by molar-refractivity contribution is 5.95. The maximum Gasteiger partial charge on any atom is 0.258 e. The first-order chi connectivity index (χ1) is 13.2. The molecule has 0 saturated carbocycles. The average molecular weight is 366 g/mol. The molecule has 140 valence electrons. The third-order valence-electron chi connectivity index (χ3n) is 4.87. The molecular formula is C21H22N2O4. The lowest BCUT2D eigenvalue weighted by atomic mass is 10.0. The standard InChI is InChI=1S/C21H22N2O4/c24-20(22-18-10-12-26-19-8-2-1-7-17(18)19)14-27-16-6-3-5-15(13-16)23-11-4-9-21(23)25/h1-3,5-8,13,18H,4,9-12,14H2,(H,22,24). The number of carbonyl (C=O) groups excluding carboxylic acids is 2. The van der Waals surface area contributed by atoms with Crippen LogP contribution in [0, 0.1) is 0 Å². The molecule has 6 heteroatoms. The molecule has 1 unspecified atom stereocenters. The number of nitrogens with one attached hydrogen (secondary N) is 1. The maximum atomic E-state index is 12.3. The van der Waals surface area contributed by atoms with Crippen molar-refractivity contribution in [2.75, 3.05) is 24.7 Å². The van der Waals surface area contributed by atoms with Gasteiger partial charge >= 0.3 is 0 Å². The van der Waals surface area contributed by atoms with Crippen molar-refractivity contribution >= 4 is 17.5 Å². The van der Waals surface area contributed by atoms with Crippen LogP contribution < -0.4 is 19.7 Å². The van der Waals surface area contributed by atoms with E-state index in [2.05, 4.69) is 5.32 Å². The number of hydrogen-bond donors (Lipinski definition) is 1. The predicted molar refractivity (Wildman–Crippen MR) is 101 cm³/mol. The molecule has 2 aliphatic rings. The highest BCUT2D eigenvalue weighted by Crippen LogP contribution is 2.31. The van der Waals surface area contributed by atoms with E-state index in [0.717, 1.165) is 36.4 Å². The molecule has 0 bridgehead atoms. The lowest BCUT2D eigenvalue weighted by Gasteiger charge is -2.26. The fraction of sp³-hybridized carbons (Fsp3) is 0.333. The van der Waals surface area contributed by atoms with Crippen LogP contribution in [-0.4, -0.2) is 31.6 Å². The van der Waals surface area contributed by atoms with Crippen molar-refractivity contribution in [1.82, 2.24) is 5.32 Å². The fourth-order valence-electron chi connectivity index (χ4n) is 3.54. The Labute approximate surface area is 158 Å². The number of amides is 2. The minimum Gasteiger partial charge on any atom is -0.493 e. The molecule has 0 radical (unpaired) electrons. The smallest absolute Gasteiger partial charge is 0.258 e. The number of fused-ring (bicyclic) bond motifs is 1. The van der Waals surface area contributed by atoms with Crippen molar-refractivity contribution in [2.24, 2.45) is 0 Å². The van der Waals surface area contributed by atoms with Gasteiger partial charge in [0.05, 0.1) is 12.6 Å². The number of ether oxygens (including phenoxy) is 2. The number of anilines is 1. The SMILES string of the molecule is O=C(COc1cccc(N2CCCC2=O)c1)NC1CCOc2ccccc21. The summed E-state index contributed by atoms with van der Waals surface area (Å²) in [5.41, 5.74) is 1.81. The molecule has 2 aromatic carbocycles. The molecule has 27 heavy (non-hydrogen) atoms. The van der Waals surface area contributed by atoms with E-state index in [0.29, 0.717) is 18.8 Å². The van der Waals surface area contributed by atoms with Crippen LogP contribution in [-0.2, 0) is 9.59 Å². The minimum atomic E-state index is -0.181. The Bertz CT molecular complexity index is 852. The summed E-state index contributed by atoms with van der Waals surface area (Å²) in [7, 11) is 0. The molecule has 1 N–H and O–H groups in total. The van der Waals surface area contributed by atoms with E-state index in [4.69, 9.17) is 9.47 Å². The Morgan fingerprint density at radius 3 is 2.96 bits per heavy atom. The van der Waals surface area contributed by atoms with E-state index >= 15 is 0 Å². The zero-order valence-electron chi connectivity index (χ0n) is 15.0. The highest BCUT2D eigenvalue weighted by atomic mass is 16.5. The van der Waals surface area contributed by atoms with Crippen molar-refractivity contribution < 1.29 is 19.1 Å². The summed E-state index contributed by atoms with van der Waals surface area (Å²) in [6.45, 7) is 1.23. The number of benzene rings is 2. The second kappa shape index (κ2) is 7.70. The monoisotopic (exact) mass is 366 g/mol. The van der Waals surface area contributed by atoms with E-state index in [1.807, 2.05) is 36.4 Å². The van der Waals surface area contributed by atoms with E-state index in [9.17, 15) is 9.59 Å². The number of para-hydroxylation sites is 1. The van der Waals surface area contributed by atoms with Gasteiger partial charge in [0, 0.05) is 36.7 Å². The van der Waals surface area contributed by atoms with Crippen LogP contribution in [0.4, 0.5) is 5.69 Å². The normalized spacial score (nSPS) is 18.6. The molecule has 1 atom stereocenters. The first kappa shape index (κ1) is 17.4. The molecule has 0 aliphatic carbocycles. The second-order valence-electron chi connectivity index (χ2n) is 6.73. The molecule has 1 saturated heterocycles. The van der Waals surface area contributed by atoms with Gasteiger partial charge in [-0.1, -0.05) is 24.3 Å². The number of nitrogens with zero attached hydrogens (tertiary/aromatic N) is 1. The second-order valence-corrected chi connectivity index (χ2v) is 6.73. The lowest BCUT2D eigenvalue weighted by molar-refractivity contribution is -0.124. The van der Waals surface area contributed by atoms with Crippen LogP contribution in [0.15, 0.2) is 48.5 Å². The summed E-state index contributed by atoms with van der Waals surface area (Å²) in [5.74, 6) is 1.34. The zero-order chi connectivity index (χ0) is 18.6. The summed E-state index contributed by atoms with van der Waals surface area (Å²) in [4.78, 5) is 26.0. The van der Waals surface area contributed by atoms with E-state index in [-0.39, 0.29) is 24.5 Å². The lowest BCUT2D eigenvalue weighted by Crippen LogP contribution is -2.35. The largest absolute Gasteiger partial charge is 0.493 e. The van der Waals surface area contributed by atoms with Gasteiger partial charge in [-0.05, 0) is 24.6 Å². The molecule has 6 nitrogen and oxygen atoms in total. The summed E-state index contributed by atoms with van der Waals surface area (Å²) >= 11 is 0. The van der Waals surface area contributed by atoms with Gasteiger partial charge in [0.2, 0.25) is 5.91 Å². The third kappa shape index (κ3) is 3.89. The Balaban J connectivity index is 1.36. The number of carbonyl (C=O) groups is 2. The van der Waals surface area contributed by atoms with Gasteiger partial charge in [0.25, 0.3) is 5.91 Å². The average Bonchev–Trinajstić information content (AvgIpc) is 3.13. The van der Waals surface area contributed by atoms with Crippen LogP contribution in [0.1, 0.15) is 30.9 Å². The Morgan fingerprint density at radius 1 is 1.22 bits per heavy atom. The molecule has 1 fully saturated rings. The Hall–Kier alpha value is -3.02. The van der Waals surface area contributed by atoms with Gasteiger partial charge in [-0.25, -0.2) is 0 Å². The summed E-state index contributed by atoms with van der Waals surface area (Å²) < 4.78 is 11.3. The first-order valence-corrected chi connectivity index (χ1v) is 9.25. The van der Waals surface area contributed by atoms with Gasteiger partial charge in [0.15, 0.2) is 6.61 Å². The molecule has 2 amide bonds. The summed E-state index contributed by atoms with van der Waals surface area (Å²) in [5, 5.41) is 3.01. The summed E-state index contributed by atoms with van der Waals surface area (Å²) in [6, 6.07) is 15.0. The maximum absolute atomic E-state index is 12.3. The van der Waals surface area contributed by atoms with Gasteiger partial charge < -0.3 is 19.7 Å². The Morgan fingerprint density at radius 2 is 2.11 bits per heavy atom. The minimum absolute atomic E-state index is 0.0698. The number of rotatable bonds is 5. The summed E-state index contributed by atoms with van der Waals surface area (Å²) in [6.07, 6.45) is 2.19. The molecule has 2 aromatic rings. The van der Waals surface area contributed by atoms with Gasteiger partial charge in [0.1, 0.15) is 11.5 Å². The van der Waals surface area contributed by atoms with Crippen LogP contribution in [0.25, 0.3) is 0 Å². The first-order valence-electron chi connectivity index (χ1n) is 9.25. The van der Waals surface area contributed by atoms with E-state index in [1.165, 1.54) is 0 Å². The predicted octanol–water partition coefficient (Wildman–Crippen LogP) is 2.83. The topological polar surface area (TPSA) is 67.9 Å². The van der Waals surface area contributed by atoms with Crippen LogP contribution in [0.3, 0.4) is 0 Å². The van der Waals surface area contributed by atoms with E-state index < -0.39 is 0 Å². The molecular weight excluding hydrogens is 344 g/mol. The molecule has 2 aliphatic heterocycles. The van der Waals surface area contributed by atoms with Gasteiger partial charge in [-0.15, -0.1) is 0 Å². The van der Waals surface area contributed by atoms with Gasteiger partial charge in [-0.3, -0.25) is 9.59 Å².